The highest BCUT2D eigenvalue weighted by Gasteiger charge is 2.17. The molecule has 0 amide bonds. The quantitative estimate of drug-likeness (QED) is 0.542. The van der Waals surface area contributed by atoms with Crippen molar-refractivity contribution in [3.05, 3.63) is 54.9 Å². The average Bonchev–Trinajstić information content (AvgIpc) is 3.39. The summed E-state index contributed by atoms with van der Waals surface area (Å²) in [4.78, 5) is 10.7. The molecule has 0 atom stereocenters. The van der Waals surface area contributed by atoms with Crippen molar-refractivity contribution >= 4 is 17.2 Å². The molecule has 1 aliphatic heterocycles. The number of benzene rings is 1. The molecule has 0 bridgehead atoms. The molecule has 140 valence electrons. The van der Waals surface area contributed by atoms with Gasteiger partial charge in [-0.15, -0.1) is 5.10 Å². The summed E-state index contributed by atoms with van der Waals surface area (Å²) < 4.78 is 17.8. The fourth-order valence-corrected chi connectivity index (χ4v) is 3.12. The Balaban J connectivity index is 1.53. The first-order valence-electron chi connectivity index (χ1n) is 8.71. The van der Waals surface area contributed by atoms with E-state index in [9.17, 15) is 0 Å². The van der Waals surface area contributed by atoms with E-state index in [2.05, 4.69) is 9.97 Å². The Hall–Kier alpha value is -3.81. The molecule has 0 fully saturated rings. The number of nitrogens with zero attached hydrogens (tertiary/aromatic N) is 5. The van der Waals surface area contributed by atoms with Crippen LogP contribution in [0, 0.1) is 0 Å². The van der Waals surface area contributed by atoms with Gasteiger partial charge in [0.25, 0.3) is 0 Å². The second-order valence-corrected chi connectivity index (χ2v) is 6.29. The molecule has 4 aromatic rings. The third-order valence-corrected chi connectivity index (χ3v) is 4.68. The first-order valence-corrected chi connectivity index (χ1v) is 8.71. The molecule has 0 saturated heterocycles. The minimum absolute atomic E-state index is 0.251. The van der Waals surface area contributed by atoms with Crippen LogP contribution >= 0.6 is 0 Å². The molecule has 8 heteroatoms. The molecule has 0 N–H and O–H groups in total. The SMILES string of the molecule is COc1ccc(-c2cnc3ccc(N(C)c4ccc5c(c4)OCO5)nn23)cn1. The van der Waals surface area contributed by atoms with Crippen molar-refractivity contribution in [2.75, 3.05) is 25.9 Å². The van der Waals surface area contributed by atoms with Gasteiger partial charge in [-0.3, -0.25) is 0 Å². The van der Waals surface area contributed by atoms with E-state index in [1.807, 2.05) is 58.9 Å². The number of fused-ring (bicyclic) bond motifs is 2. The van der Waals surface area contributed by atoms with E-state index in [1.165, 1.54) is 0 Å². The van der Waals surface area contributed by atoms with Crippen molar-refractivity contribution in [3.63, 3.8) is 0 Å². The molecule has 4 heterocycles. The number of rotatable bonds is 4. The molecule has 28 heavy (non-hydrogen) atoms. The molecule has 1 aromatic carbocycles. The van der Waals surface area contributed by atoms with Crippen LogP contribution in [0.5, 0.6) is 17.4 Å². The summed E-state index contributed by atoms with van der Waals surface area (Å²) in [5, 5.41) is 4.77. The molecule has 1 aliphatic rings. The monoisotopic (exact) mass is 375 g/mol. The van der Waals surface area contributed by atoms with E-state index in [-0.39, 0.29) is 6.79 Å². The highest BCUT2D eigenvalue weighted by Crippen LogP contribution is 2.36. The molecule has 3 aromatic heterocycles. The van der Waals surface area contributed by atoms with Crippen molar-refractivity contribution < 1.29 is 14.2 Å². The Morgan fingerprint density at radius 1 is 1.00 bits per heavy atom. The van der Waals surface area contributed by atoms with Crippen LogP contribution in [0.2, 0.25) is 0 Å². The average molecular weight is 375 g/mol. The Kier molecular flexibility index (Phi) is 3.75. The maximum Gasteiger partial charge on any atom is 0.231 e. The van der Waals surface area contributed by atoms with Gasteiger partial charge in [-0.05, 0) is 30.3 Å². The van der Waals surface area contributed by atoms with E-state index in [0.717, 1.165) is 39.9 Å². The van der Waals surface area contributed by atoms with Gasteiger partial charge in [0, 0.05) is 36.6 Å². The number of ether oxygens (including phenoxy) is 3. The zero-order valence-corrected chi connectivity index (χ0v) is 15.4. The van der Waals surface area contributed by atoms with Crippen molar-refractivity contribution in [1.29, 1.82) is 0 Å². The van der Waals surface area contributed by atoms with E-state index in [4.69, 9.17) is 19.3 Å². The number of anilines is 2. The molecule has 0 saturated carbocycles. The van der Waals surface area contributed by atoms with Gasteiger partial charge in [0.15, 0.2) is 23.0 Å². The molecule has 8 nitrogen and oxygen atoms in total. The van der Waals surface area contributed by atoms with Gasteiger partial charge >= 0.3 is 0 Å². The van der Waals surface area contributed by atoms with Gasteiger partial charge < -0.3 is 19.1 Å². The summed E-state index contributed by atoms with van der Waals surface area (Å²) in [6.07, 6.45) is 3.54. The molecular formula is C20H17N5O3. The topological polar surface area (TPSA) is 74.0 Å². The number of methoxy groups -OCH3 is 1. The Morgan fingerprint density at radius 2 is 1.89 bits per heavy atom. The van der Waals surface area contributed by atoms with Gasteiger partial charge in [-0.1, -0.05) is 0 Å². The Bertz CT molecular complexity index is 1160. The largest absolute Gasteiger partial charge is 0.481 e. The standard InChI is InChI=1S/C20H17N5O3/c1-24(14-4-5-16-17(9-14)28-12-27-16)19-7-6-18-21-11-15(25(18)23-19)13-3-8-20(26-2)22-10-13/h3-11H,12H2,1-2H3. The van der Waals surface area contributed by atoms with Gasteiger partial charge in [0.05, 0.1) is 19.0 Å². The van der Waals surface area contributed by atoms with Gasteiger partial charge in [0.2, 0.25) is 12.7 Å². The van der Waals surface area contributed by atoms with Crippen molar-refractivity contribution in [2.24, 2.45) is 0 Å². The lowest BCUT2D eigenvalue weighted by Gasteiger charge is -2.18. The number of imidazole rings is 1. The third-order valence-electron chi connectivity index (χ3n) is 4.68. The molecule has 5 rings (SSSR count). The van der Waals surface area contributed by atoms with Crippen molar-refractivity contribution in [2.45, 2.75) is 0 Å². The summed E-state index contributed by atoms with van der Waals surface area (Å²) in [5.41, 5.74) is 3.47. The zero-order chi connectivity index (χ0) is 19.1. The van der Waals surface area contributed by atoms with Crippen LogP contribution in [0.25, 0.3) is 16.9 Å². The summed E-state index contributed by atoms with van der Waals surface area (Å²) in [5.74, 6) is 2.82. The van der Waals surface area contributed by atoms with Crippen LogP contribution in [0.1, 0.15) is 0 Å². The zero-order valence-electron chi connectivity index (χ0n) is 15.4. The maximum atomic E-state index is 5.48. The summed E-state index contributed by atoms with van der Waals surface area (Å²) in [6.45, 7) is 0.251. The number of hydrogen-bond donors (Lipinski definition) is 0. The highest BCUT2D eigenvalue weighted by molar-refractivity contribution is 5.67. The van der Waals surface area contributed by atoms with E-state index >= 15 is 0 Å². The molecule has 0 unspecified atom stereocenters. The van der Waals surface area contributed by atoms with Crippen molar-refractivity contribution in [3.8, 4) is 28.6 Å². The molecular weight excluding hydrogens is 358 g/mol. The Labute approximate surface area is 160 Å². The van der Waals surface area contributed by atoms with Crippen LogP contribution in [0.3, 0.4) is 0 Å². The third kappa shape index (κ3) is 2.66. The van der Waals surface area contributed by atoms with E-state index in [0.29, 0.717) is 5.88 Å². The van der Waals surface area contributed by atoms with E-state index in [1.54, 1.807) is 19.5 Å². The Morgan fingerprint density at radius 3 is 2.71 bits per heavy atom. The smallest absolute Gasteiger partial charge is 0.231 e. The first-order chi connectivity index (χ1) is 13.7. The maximum absolute atomic E-state index is 5.48. The number of hydrogen-bond acceptors (Lipinski definition) is 7. The van der Waals surface area contributed by atoms with Crippen LogP contribution < -0.4 is 19.1 Å². The lowest BCUT2D eigenvalue weighted by atomic mass is 10.2. The minimum atomic E-state index is 0.251. The van der Waals surface area contributed by atoms with E-state index < -0.39 is 0 Å². The van der Waals surface area contributed by atoms with Crippen LogP contribution in [-0.4, -0.2) is 40.5 Å². The van der Waals surface area contributed by atoms with Gasteiger partial charge in [-0.2, -0.15) is 0 Å². The van der Waals surface area contributed by atoms with Gasteiger partial charge in [0.1, 0.15) is 0 Å². The van der Waals surface area contributed by atoms with Crippen LogP contribution in [-0.2, 0) is 0 Å². The minimum Gasteiger partial charge on any atom is -0.481 e. The fourth-order valence-electron chi connectivity index (χ4n) is 3.12. The molecule has 0 radical (unpaired) electrons. The van der Waals surface area contributed by atoms with Crippen LogP contribution in [0.15, 0.2) is 54.9 Å². The summed E-state index contributed by atoms with van der Waals surface area (Å²) >= 11 is 0. The predicted molar refractivity (Wildman–Crippen MR) is 103 cm³/mol. The second kappa shape index (κ2) is 6.41. The molecule has 0 spiro atoms. The lowest BCUT2D eigenvalue weighted by molar-refractivity contribution is 0.174. The highest BCUT2D eigenvalue weighted by atomic mass is 16.7. The lowest BCUT2D eigenvalue weighted by Crippen LogP contribution is -2.13. The summed E-state index contributed by atoms with van der Waals surface area (Å²) in [6, 6.07) is 13.4. The number of pyridine rings is 1. The molecule has 0 aliphatic carbocycles. The fraction of sp³-hybridized carbons (Fsp3) is 0.150. The first kappa shape index (κ1) is 16.4. The van der Waals surface area contributed by atoms with Crippen LogP contribution in [0.4, 0.5) is 11.5 Å². The normalized spacial score (nSPS) is 12.4. The van der Waals surface area contributed by atoms with Crippen molar-refractivity contribution in [1.82, 2.24) is 19.6 Å². The second-order valence-electron chi connectivity index (χ2n) is 6.29. The summed E-state index contributed by atoms with van der Waals surface area (Å²) in [7, 11) is 3.55. The van der Waals surface area contributed by atoms with Gasteiger partial charge in [-0.25, -0.2) is 14.5 Å². The predicted octanol–water partition coefficient (Wildman–Crippen LogP) is 3.30. The number of aromatic nitrogens is 4.